The molecule has 10 heteroatoms. The van der Waals surface area contributed by atoms with E-state index in [1.807, 2.05) is 0 Å². The molecule has 3 N–H and O–H groups in total. The number of primary amides is 1. The van der Waals surface area contributed by atoms with Gasteiger partial charge < -0.3 is 15.8 Å². The Hall–Kier alpha value is -3.95. The SMILES string of the molecule is CCn1c(=O)nc(Nc2ccc(Oc3cncc(C(N)=O)c3)cc2)n(CC2CCC3(CC2)CC3)c1=O. The van der Waals surface area contributed by atoms with Crippen LogP contribution >= 0.6 is 0 Å². The minimum atomic E-state index is -0.587. The molecule has 0 atom stereocenters. The third-order valence-corrected chi connectivity index (χ3v) is 7.37. The minimum Gasteiger partial charge on any atom is -0.456 e. The number of carbonyl (C=O) groups excluding carboxylic acids is 1. The molecule has 2 saturated carbocycles. The fourth-order valence-electron chi connectivity index (χ4n) is 4.95. The van der Waals surface area contributed by atoms with Crippen LogP contribution in [-0.2, 0) is 13.1 Å². The molecule has 1 spiro atoms. The molecule has 0 aliphatic heterocycles. The summed E-state index contributed by atoms with van der Waals surface area (Å²) in [4.78, 5) is 45.2. The summed E-state index contributed by atoms with van der Waals surface area (Å²) in [5.41, 5.74) is 5.87. The van der Waals surface area contributed by atoms with E-state index in [9.17, 15) is 14.4 Å². The van der Waals surface area contributed by atoms with Crippen molar-refractivity contribution in [3.8, 4) is 11.5 Å². The molecule has 1 amide bonds. The van der Waals surface area contributed by atoms with E-state index in [0.717, 1.165) is 12.8 Å². The molecule has 0 radical (unpaired) electrons. The van der Waals surface area contributed by atoms with Crippen LogP contribution in [0.25, 0.3) is 0 Å². The fraction of sp³-hybridized carbons (Fsp3) is 0.423. The van der Waals surface area contributed by atoms with Gasteiger partial charge in [-0.15, -0.1) is 0 Å². The first kappa shape index (κ1) is 23.8. The van der Waals surface area contributed by atoms with Gasteiger partial charge in [0.25, 0.3) is 0 Å². The van der Waals surface area contributed by atoms with Crippen LogP contribution in [0.3, 0.4) is 0 Å². The molecule has 2 fully saturated rings. The first-order chi connectivity index (χ1) is 17.4. The van der Waals surface area contributed by atoms with Crippen molar-refractivity contribution >= 4 is 17.5 Å². The number of rotatable bonds is 8. The zero-order chi connectivity index (χ0) is 25.3. The van der Waals surface area contributed by atoms with Crippen LogP contribution in [0.4, 0.5) is 11.6 Å². The number of hydrogen-bond donors (Lipinski definition) is 2. The molecule has 3 aromatic rings. The monoisotopic (exact) mass is 490 g/mol. The lowest BCUT2D eigenvalue weighted by Crippen LogP contribution is -2.43. The first-order valence-corrected chi connectivity index (χ1v) is 12.4. The van der Waals surface area contributed by atoms with Gasteiger partial charge in [0.1, 0.15) is 11.5 Å². The van der Waals surface area contributed by atoms with E-state index in [4.69, 9.17) is 10.5 Å². The first-order valence-electron chi connectivity index (χ1n) is 12.4. The number of aromatic nitrogens is 4. The highest BCUT2D eigenvalue weighted by Gasteiger charge is 2.44. The Morgan fingerprint density at radius 3 is 2.44 bits per heavy atom. The lowest BCUT2D eigenvalue weighted by atomic mass is 9.80. The van der Waals surface area contributed by atoms with Crippen molar-refractivity contribution in [2.24, 2.45) is 17.1 Å². The highest BCUT2D eigenvalue weighted by molar-refractivity contribution is 5.92. The second-order valence-electron chi connectivity index (χ2n) is 9.82. The largest absolute Gasteiger partial charge is 0.456 e. The van der Waals surface area contributed by atoms with Crippen LogP contribution in [0, 0.1) is 11.3 Å². The van der Waals surface area contributed by atoms with Gasteiger partial charge >= 0.3 is 11.4 Å². The van der Waals surface area contributed by atoms with Crippen LogP contribution < -0.4 is 27.2 Å². The number of hydrogen-bond acceptors (Lipinski definition) is 7. The zero-order valence-corrected chi connectivity index (χ0v) is 20.3. The maximum atomic E-state index is 13.2. The second kappa shape index (κ2) is 9.60. The fourth-order valence-corrected chi connectivity index (χ4v) is 4.95. The third-order valence-electron chi connectivity index (χ3n) is 7.37. The topological polar surface area (TPSA) is 134 Å². The van der Waals surface area contributed by atoms with Crippen LogP contribution in [0.15, 0.2) is 52.3 Å². The van der Waals surface area contributed by atoms with Crippen LogP contribution in [-0.4, -0.2) is 25.0 Å². The number of amides is 1. The van der Waals surface area contributed by atoms with Gasteiger partial charge in [0.05, 0.1) is 11.8 Å². The average molecular weight is 491 g/mol. The van der Waals surface area contributed by atoms with E-state index in [2.05, 4.69) is 15.3 Å². The van der Waals surface area contributed by atoms with Crippen molar-refractivity contribution in [3.05, 3.63) is 69.3 Å². The number of ether oxygens (including phenoxy) is 1. The summed E-state index contributed by atoms with van der Waals surface area (Å²) in [6.45, 7) is 2.58. The van der Waals surface area contributed by atoms with Crippen molar-refractivity contribution < 1.29 is 9.53 Å². The maximum Gasteiger partial charge on any atom is 0.354 e. The standard InChI is InChI=1S/C26H30N6O4/c1-2-31-24(34)30-23(32(25(31)35)16-17-7-9-26(10-8-17)11-12-26)29-19-3-5-20(6-4-19)36-21-13-18(22(27)33)14-28-15-21/h3-6,13-15,17H,2,7-12,16H2,1H3,(H2,27,33)(H,29,30,34). The number of anilines is 2. The van der Waals surface area contributed by atoms with Crippen molar-refractivity contribution in [2.75, 3.05) is 5.32 Å². The number of nitrogens with two attached hydrogens (primary N) is 1. The number of benzene rings is 1. The van der Waals surface area contributed by atoms with Crippen molar-refractivity contribution in [1.29, 1.82) is 0 Å². The molecule has 0 bridgehead atoms. The summed E-state index contributed by atoms with van der Waals surface area (Å²) >= 11 is 0. The van der Waals surface area contributed by atoms with Gasteiger partial charge in [0.15, 0.2) is 0 Å². The zero-order valence-electron chi connectivity index (χ0n) is 20.3. The van der Waals surface area contributed by atoms with Crippen LogP contribution in [0.5, 0.6) is 11.5 Å². The van der Waals surface area contributed by atoms with Gasteiger partial charge in [-0.2, -0.15) is 4.98 Å². The number of pyridine rings is 1. The Bertz CT molecular complexity index is 1380. The van der Waals surface area contributed by atoms with E-state index in [1.165, 1.54) is 48.7 Å². The van der Waals surface area contributed by atoms with Gasteiger partial charge in [-0.1, -0.05) is 0 Å². The Balaban J connectivity index is 1.34. The van der Waals surface area contributed by atoms with Gasteiger partial charge in [-0.05, 0) is 87.1 Å². The molecule has 188 valence electrons. The van der Waals surface area contributed by atoms with Gasteiger partial charge in [-0.3, -0.25) is 14.3 Å². The molecule has 0 saturated heterocycles. The Kier molecular flexibility index (Phi) is 6.34. The predicted molar refractivity (Wildman–Crippen MR) is 135 cm³/mol. The van der Waals surface area contributed by atoms with E-state index < -0.39 is 11.6 Å². The van der Waals surface area contributed by atoms with E-state index in [0.29, 0.717) is 35.1 Å². The molecule has 0 unspecified atom stereocenters. The Morgan fingerprint density at radius 1 is 1.08 bits per heavy atom. The van der Waals surface area contributed by atoms with Gasteiger partial charge in [0, 0.05) is 25.0 Å². The lowest BCUT2D eigenvalue weighted by molar-refractivity contribution is 0.0999. The van der Waals surface area contributed by atoms with E-state index in [1.54, 1.807) is 35.8 Å². The summed E-state index contributed by atoms with van der Waals surface area (Å²) in [7, 11) is 0. The predicted octanol–water partition coefficient (Wildman–Crippen LogP) is 3.43. The Labute approximate surface area is 208 Å². The lowest BCUT2D eigenvalue weighted by Gasteiger charge is -2.29. The molecule has 2 aliphatic rings. The Morgan fingerprint density at radius 2 is 1.81 bits per heavy atom. The van der Waals surface area contributed by atoms with Gasteiger partial charge in [0.2, 0.25) is 11.9 Å². The molecular formula is C26H30N6O4. The molecule has 2 heterocycles. The molecule has 2 aliphatic carbocycles. The quantitative estimate of drug-likeness (QED) is 0.494. The molecule has 36 heavy (non-hydrogen) atoms. The minimum absolute atomic E-state index is 0.244. The van der Waals surface area contributed by atoms with E-state index >= 15 is 0 Å². The summed E-state index contributed by atoms with van der Waals surface area (Å²) in [5, 5.41) is 3.15. The molecular weight excluding hydrogens is 460 g/mol. The summed E-state index contributed by atoms with van der Waals surface area (Å²) in [6.07, 6.45) is 10.1. The smallest absolute Gasteiger partial charge is 0.354 e. The van der Waals surface area contributed by atoms with Crippen molar-refractivity contribution in [3.63, 3.8) is 0 Å². The molecule has 10 nitrogen and oxygen atoms in total. The average Bonchev–Trinajstić information content (AvgIpc) is 3.63. The normalized spacial score (nSPS) is 16.6. The second-order valence-corrected chi connectivity index (χ2v) is 9.82. The van der Waals surface area contributed by atoms with Crippen LogP contribution in [0.2, 0.25) is 0 Å². The molecule has 1 aromatic carbocycles. The van der Waals surface area contributed by atoms with E-state index in [-0.39, 0.29) is 23.7 Å². The summed E-state index contributed by atoms with van der Waals surface area (Å²) in [5.74, 6) is 0.947. The number of nitrogens with zero attached hydrogens (tertiary/aromatic N) is 4. The summed E-state index contributed by atoms with van der Waals surface area (Å²) < 4.78 is 8.54. The highest BCUT2D eigenvalue weighted by atomic mass is 16.5. The van der Waals surface area contributed by atoms with Crippen molar-refractivity contribution in [2.45, 2.75) is 58.5 Å². The third kappa shape index (κ3) is 5.02. The summed E-state index contributed by atoms with van der Waals surface area (Å²) in [6, 6.07) is 8.50. The number of nitrogens with one attached hydrogen (secondary N) is 1. The highest BCUT2D eigenvalue weighted by Crippen LogP contribution is 2.57. The van der Waals surface area contributed by atoms with Crippen LogP contribution in [0.1, 0.15) is 55.8 Å². The van der Waals surface area contributed by atoms with Gasteiger partial charge in [-0.25, -0.2) is 14.2 Å². The number of carbonyl (C=O) groups is 1. The molecule has 2 aromatic heterocycles. The molecule has 5 rings (SSSR count). The van der Waals surface area contributed by atoms with Crippen molar-refractivity contribution in [1.82, 2.24) is 19.1 Å². The maximum absolute atomic E-state index is 13.2.